The molecule has 1 heterocycles. The van der Waals surface area contributed by atoms with Crippen LogP contribution in [0.3, 0.4) is 0 Å². The summed E-state index contributed by atoms with van der Waals surface area (Å²) in [4.78, 5) is 25.9. The second kappa shape index (κ2) is 3.98. The Kier molecular flexibility index (Phi) is 2.15. The van der Waals surface area contributed by atoms with Crippen molar-refractivity contribution in [2.45, 2.75) is 5.66 Å². The molecule has 0 amide bonds. The molecule has 0 saturated carbocycles. The first kappa shape index (κ1) is 12.4. The van der Waals surface area contributed by atoms with Crippen LogP contribution in [-0.4, -0.2) is 17.2 Å². The van der Waals surface area contributed by atoms with Crippen LogP contribution in [0.1, 0.15) is 20.7 Å². The Morgan fingerprint density at radius 1 is 0.652 bits per heavy atom. The molecule has 0 saturated heterocycles. The predicted octanol–water partition coefficient (Wildman–Crippen LogP) is 3.45. The fourth-order valence-corrected chi connectivity index (χ4v) is 3.60. The van der Waals surface area contributed by atoms with E-state index in [0.29, 0.717) is 11.1 Å². The molecule has 0 radical (unpaired) electrons. The minimum absolute atomic E-state index is 0.232. The monoisotopic (exact) mass is 300 g/mol. The zero-order chi connectivity index (χ0) is 15.6. The van der Waals surface area contributed by atoms with Crippen molar-refractivity contribution < 1.29 is 9.59 Å². The summed E-state index contributed by atoms with van der Waals surface area (Å²) < 4.78 is 0. The van der Waals surface area contributed by atoms with Gasteiger partial charge in [0, 0.05) is 27.9 Å². The van der Waals surface area contributed by atoms with Gasteiger partial charge in [0.2, 0.25) is 17.2 Å². The van der Waals surface area contributed by atoms with E-state index in [4.69, 9.17) is 0 Å². The number of carbonyl (C=O) groups excluding carboxylic acids is 2. The first-order valence-corrected chi connectivity index (χ1v) is 7.47. The highest BCUT2D eigenvalue weighted by atomic mass is 16.2. The molecule has 3 aromatic carbocycles. The van der Waals surface area contributed by atoms with Gasteiger partial charge in [-0.05, 0) is 17.5 Å². The number of nitrogens with one attached hydrogen (secondary N) is 2. The van der Waals surface area contributed by atoms with Crippen molar-refractivity contribution >= 4 is 33.7 Å². The van der Waals surface area contributed by atoms with Crippen molar-refractivity contribution in [2.24, 2.45) is 0 Å². The van der Waals surface area contributed by atoms with E-state index in [9.17, 15) is 9.59 Å². The van der Waals surface area contributed by atoms with E-state index in [1.807, 2.05) is 36.4 Å². The summed E-state index contributed by atoms with van der Waals surface area (Å²) in [6.07, 6.45) is 0. The number of benzene rings is 3. The van der Waals surface area contributed by atoms with Crippen LogP contribution in [0.4, 0.5) is 11.4 Å². The topological polar surface area (TPSA) is 58.2 Å². The third-order valence-corrected chi connectivity index (χ3v) is 4.65. The van der Waals surface area contributed by atoms with Crippen LogP contribution < -0.4 is 10.6 Å². The second-order valence-electron chi connectivity index (χ2n) is 5.91. The average molecular weight is 300 g/mol. The van der Waals surface area contributed by atoms with Gasteiger partial charge in [0.1, 0.15) is 0 Å². The Morgan fingerprint density at radius 2 is 1.17 bits per heavy atom. The fraction of sp³-hybridized carbons (Fsp3) is 0.0526. The molecule has 0 unspecified atom stereocenters. The number of ketones is 2. The molecule has 4 nitrogen and oxygen atoms in total. The van der Waals surface area contributed by atoms with Gasteiger partial charge in [-0.3, -0.25) is 9.59 Å². The summed E-state index contributed by atoms with van der Waals surface area (Å²) in [7, 11) is 0. The first-order chi connectivity index (χ1) is 11.2. The van der Waals surface area contributed by atoms with E-state index in [0.717, 1.165) is 22.1 Å². The van der Waals surface area contributed by atoms with Gasteiger partial charge in [-0.15, -0.1) is 0 Å². The number of rotatable bonds is 0. The number of fused-ring (bicyclic) bond motifs is 1. The van der Waals surface area contributed by atoms with E-state index < -0.39 is 5.66 Å². The molecular weight excluding hydrogens is 288 g/mol. The molecule has 110 valence electrons. The second-order valence-corrected chi connectivity index (χ2v) is 5.91. The van der Waals surface area contributed by atoms with Gasteiger partial charge in [-0.25, -0.2) is 0 Å². The van der Waals surface area contributed by atoms with Gasteiger partial charge < -0.3 is 10.6 Å². The third kappa shape index (κ3) is 1.40. The zero-order valence-electron chi connectivity index (χ0n) is 12.1. The summed E-state index contributed by atoms with van der Waals surface area (Å²) in [5.74, 6) is -0.464. The van der Waals surface area contributed by atoms with Gasteiger partial charge in [0.15, 0.2) is 0 Å². The maximum Gasteiger partial charge on any atom is 0.238 e. The molecular formula is C19H12N2O2. The van der Waals surface area contributed by atoms with Crippen LogP contribution in [0.2, 0.25) is 0 Å². The van der Waals surface area contributed by atoms with Crippen molar-refractivity contribution in [2.75, 3.05) is 10.6 Å². The normalized spacial score (nSPS) is 17.0. The molecule has 0 fully saturated rings. The summed E-state index contributed by atoms with van der Waals surface area (Å²) in [5.41, 5.74) is 1.08. The lowest BCUT2D eigenvalue weighted by molar-refractivity contribution is 0.0841. The van der Waals surface area contributed by atoms with Crippen LogP contribution >= 0.6 is 0 Å². The van der Waals surface area contributed by atoms with E-state index in [-0.39, 0.29) is 11.6 Å². The van der Waals surface area contributed by atoms with Crippen molar-refractivity contribution in [3.8, 4) is 0 Å². The molecule has 1 aliphatic heterocycles. The minimum atomic E-state index is -1.44. The van der Waals surface area contributed by atoms with Crippen molar-refractivity contribution in [3.05, 3.63) is 71.8 Å². The van der Waals surface area contributed by atoms with Gasteiger partial charge >= 0.3 is 0 Å². The van der Waals surface area contributed by atoms with E-state index in [1.165, 1.54) is 0 Å². The van der Waals surface area contributed by atoms with Crippen LogP contribution in [0, 0.1) is 0 Å². The third-order valence-electron chi connectivity index (χ3n) is 4.65. The highest BCUT2D eigenvalue weighted by molar-refractivity contribution is 6.36. The summed E-state index contributed by atoms with van der Waals surface area (Å²) in [6, 6.07) is 18.6. The first-order valence-electron chi connectivity index (χ1n) is 7.47. The molecule has 0 atom stereocenters. The number of carbonyl (C=O) groups is 2. The lowest BCUT2D eigenvalue weighted by Gasteiger charge is -2.35. The summed E-state index contributed by atoms with van der Waals surface area (Å²) >= 11 is 0. The molecule has 23 heavy (non-hydrogen) atoms. The van der Waals surface area contributed by atoms with Crippen molar-refractivity contribution in [1.29, 1.82) is 0 Å². The van der Waals surface area contributed by atoms with Crippen molar-refractivity contribution in [1.82, 2.24) is 0 Å². The van der Waals surface area contributed by atoms with Crippen LogP contribution in [0.5, 0.6) is 0 Å². The minimum Gasteiger partial charge on any atom is -0.349 e. The lowest BCUT2D eigenvalue weighted by atomic mass is 9.96. The number of Topliss-reactive ketones (excluding diaryl/α,β-unsaturated/α-hetero) is 2. The smallest absolute Gasteiger partial charge is 0.238 e. The quantitative estimate of drug-likeness (QED) is 0.624. The molecule has 5 rings (SSSR count). The van der Waals surface area contributed by atoms with Crippen LogP contribution in [-0.2, 0) is 0 Å². The number of hydrogen-bond donors (Lipinski definition) is 2. The van der Waals surface area contributed by atoms with E-state index >= 15 is 0 Å². The predicted molar refractivity (Wildman–Crippen MR) is 89.0 cm³/mol. The van der Waals surface area contributed by atoms with Gasteiger partial charge in [0.05, 0.1) is 0 Å². The maximum absolute atomic E-state index is 13.0. The van der Waals surface area contributed by atoms with E-state index in [1.54, 1.807) is 24.3 Å². The Hall–Kier alpha value is -3.14. The van der Waals surface area contributed by atoms with Crippen LogP contribution in [0.25, 0.3) is 10.8 Å². The highest BCUT2D eigenvalue weighted by Crippen LogP contribution is 2.42. The molecule has 0 aromatic heterocycles. The molecule has 2 aliphatic rings. The van der Waals surface area contributed by atoms with Crippen LogP contribution in [0.15, 0.2) is 60.7 Å². The molecule has 3 aromatic rings. The van der Waals surface area contributed by atoms with E-state index in [2.05, 4.69) is 10.6 Å². The summed E-state index contributed by atoms with van der Waals surface area (Å²) in [6.45, 7) is 0. The Labute approximate surface area is 132 Å². The largest absolute Gasteiger partial charge is 0.349 e. The average Bonchev–Trinajstić information content (AvgIpc) is 2.78. The molecule has 4 heteroatoms. The van der Waals surface area contributed by atoms with Gasteiger partial charge in [-0.2, -0.15) is 0 Å². The highest BCUT2D eigenvalue weighted by Gasteiger charge is 2.55. The lowest BCUT2D eigenvalue weighted by Crippen LogP contribution is -2.57. The Balaban J connectivity index is 1.76. The molecule has 1 spiro atoms. The molecule has 1 aliphatic carbocycles. The number of anilines is 2. The number of hydrogen-bond acceptors (Lipinski definition) is 4. The zero-order valence-corrected chi connectivity index (χ0v) is 12.1. The van der Waals surface area contributed by atoms with Crippen molar-refractivity contribution in [3.63, 3.8) is 0 Å². The standard InChI is InChI=1S/C19H12N2O2/c22-17-12-7-1-2-8-13(12)18(23)19(17)20-14-9-3-5-11-6-4-10-15(21-19)16(11)14/h1-10,20-21H. The summed E-state index contributed by atoms with van der Waals surface area (Å²) in [5, 5.41) is 8.40. The SMILES string of the molecule is O=C1c2ccccc2C(=O)C12Nc1cccc3cccc(c13)N2. The molecule has 0 bridgehead atoms. The van der Waals surface area contributed by atoms with Gasteiger partial charge in [-0.1, -0.05) is 48.5 Å². The fourth-order valence-electron chi connectivity index (χ4n) is 3.60. The van der Waals surface area contributed by atoms with Gasteiger partial charge in [0.25, 0.3) is 0 Å². The maximum atomic E-state index is 13.0. The molecule has 2 N–H and O–H groups in total. The Morgan fingerprint density at radius 3 is 1.70 bits per heavy atom. The Bertz CT molecular complexity index is 945.